The number of anilines is 2. The lowest BCUT2D eigenvalue weighted by molar-refractivity contribution is 0.0480. The first-order valence-electron chi connectivity index (χ1n) is 13.8. The van der Waals surface area contributed by atoms with E-state index < -0.39 is 0 Å². The van der Waals surface area contributed by atoms with Crippen molar-refractivity contribution in [1.29, 1.82) is 0 Å². The minimum atomic E-state index is -0.133. The number of hydrogen-bond donors (Lipinski definition) is 1. The van der Waals surface area contributed by atoms with E-state index in [4.69, 9.17) is 14.8 Å². The summed E-state index contributed by atoms with van der Waals surface area (Å²) in [5, 5.41) is 10.3. The van der Waals surface area contributed by atoms with E-state index in [2.05, 4.69) is 41.5 Å². The average Bonchev–Trinajstić information content (AvgIpc) is 3.41. The number of pyridine rings is 1. The predicted molar refractivity (Wildman–Crippen MR) is 146 cm³/mol. The van der Waals surface area contributed by atoms with Gasteiger partial charge in [-0.05, 0) is 55.9 Å². The number of nitrogens with one attached hydrogen (secondary N) is 1. The fourth-order valence-electron chi connectivity index (χ4n) is 5.94. The number of rotatable bonds is 5. The number of fused-ring (bicyclic) bond motifs is 1. The zero-order valence-electron chi connectivity index (χ0n) is 21.7. The second-order valence-electron chi connectivity index (χ2n) is 10.6. The number of hydrogen-bond acceptors (Lipinski definition) is 6. The molecule has 1 N–H and O–H groups in total. The summed E-state index contributed by atoms with van der Waals surface area (Å²) < 4.78 is 5.63. The highest BCUT2D eigenvalue weighted by atomic mass is 16.5. The Morgan fingerprint density at radius 2 is 1.89 bits per heavy atom. The van der Waals surface area contributed by atoms with Gasteiger partial charge in [-0.15, -0.1) is 0 Å². The van der Waals surface area contributed by atoms with Crippen LogP contribution in [0.5, 0.6) is 0 Å². The molecule has 4 heterocycles. The maximum atomic E-state index is 14.3. The van der Waals surface area contributed by atoms with Crippen LogP contribution in [0.1, 0.15) is 61.6 Å². The quantitative estimate of drug-likeness (QED) is 0.628. The van der Waals surface area contributed by atoms with E-state index in [1.54, 1.807) is 9.91 Å². The van der Waals surface area contributed by atoms with Crippen LogP contribution in [-0.4, -0.2) is 59.9 Å². The van der Waals surface area contributed by atoms with Crippen molar-refractivity contribution in [1.82, 2.24) is 15.3 Å². The Kier molecular flexibility index (Phi) is 6.91. The van der Waals surface area contributed by atoms with Crippen molar-refractivity contribution in [2.75, 3.05) is 31.2 Å². The smallest absolute Gasteiger partial charge is 0.351 e. The van der Waals surface area contributed by atoms with Crippen LogP contribution in [-0.2, 0) is 11.2 Å². The second kappa shape index (κ2) is 10.6. The Bertz CT molecular complexity index is 1200. The van der Waals surface area contributed by atoms with Crippen molar-refractivity contribution in [3.8, 4) is 0 Å². The number of aryl methyl sites for hydroxylation is 1. The maximum absolute atomic E-state index is 14.3. The molecule has 2 amide bonds. The highest BCUT2D eigenvalue weighted by Crippen LogP contribution is 2.38. The second-order valence-corrected chi connectivity index (χ2v) is 10.6. The Hall–Kier alpha value is -3.26. The van der Waals surface area contributed by atoms with Gasteiger partial charge in [0, 0.05) is 43.9 Å². The van der Waals surface area contributed by atoms with Gasteiger partial charge in [0.05, 0.1) is 24.0 Å². The lowest BCUT2D eigenvalue weighted by atomic mass is 9.82. The van der Waals surface area contributed by atoms with Gasteiger partial charge in [0.2, 0.25) is 0 Å². The molecule has 0 radical (unpaired) electrons. The number of urea groups is 1. The molecule has 1 aliphatic carbocycles. The predicted octanol–water partition coefficient (Wildman–Crippen LogP) is 4.97. The third-order valence-corrected chi connectivity index (χ3v) is 7.95. The van der Waals surface area contributed by atoms with E-state index in [-0.39, 0.29) is 12.1 Å². The number of amides is 2. The molecular formula is C29H36N6O2. The van der Waals surface area contributed by atoms with Crippen LogP contribution in [0.25, 0.3) is 0 Å². The molecule has 4 aliphatic rings. The van der Waals surface area contributed by atoms with Gasteiger partial charge in [-0.2, -0.15) is 5.10 Å². The molecule has 194 valence electrons. The summed E-state index contributed by atoms with van der Waals surface area (Å²) in [5.74, 6) is 1.98. The first-order chi connectivity index (χ1) is 18.2. The van der Waals surface area contributed by atoms with E-state index in [9.17, 15) is 4.79 Å². The molecular weight excluding hydrogens is 464 g/mol. The monoisotopic (exact) mass is 500 g/mol. The zero-order chi connectivity index (χ0) is 25.2. The number of ether oxygens (including phenoxy) is 1. The van der Waals surface area contributed by atoms with Crippen molar-refractivity contribution in [3.05, 3.63) is 53.2 Å². The first kappa shape index (κ1) is 24.1. The summed E-state index contributed by atoms with van der Waals surface area (Å²) in [7, 11) is 0. The molecule has 0 atom stereocenters. The molecule has 1 saturated carbocycles. The average molecular weight is 501 g/mol. The molecule has 37 heavy (non-hydrogen) atoms. The molecule has 2 aromatic rings. The highest BCUT2D eigenvalue weighted by Gasteiger charge is 2.38. The number of carbonyl (C=O) groups excluding carboxylic acids is 1. The normalized spacial score (nSPS) is 21.3. The van der Waals surface area contributed by atoms with Crippen molar-refractivity contribution in [3.63, 3.8) is 0 Å². The molecule has 8 heteroatoms. The third-order valence-electron chi connectivity index (χ3n) is 7.95. The SMILES string of the molecule is Cc1ccc2c(c1)N(c1ccc(CC3=NCCN3)cn1)C(=O)N(C1CCOCC1)N=C2C1CCCCC1. The molecule has 2 fully saturated rings. The van der Waals surface area contributed by atoms with Gasteiger partial charge in [-0.1, -0.05) is 37.5 Å². The number of benzene rings is 1. The molecule has 8 nitrogen and oxygen atoms in total. The molecule has 1 saturated heterocycles. The highest BCUT2D eigenvalue weighted by molar-refractivity contribution is 6.13. The first-order valence-corrected chi connectivity index (χ1v) is 13.8. The third kappa shape index (κ3) is 4.99. The Balaban J connectivity index is 1.42. The summed E-state index contributed by atoms with van der Waals surface area (Å²) in [6.07, 6.45) is 10.1. The molecule has 6 rings (SSSR count). The van der Waals surface area contributed by atoms with Crippen LogP contribution < -0.4 is 10.2 Å². The number of aliphatic imine (C=N–C) groups is 1. The van der Waals surface area contributed by atoms with E-state index >= 15 is 0 Å². The Labute approximate surface area is 218 Å². The summed E-state index contributed by atoms with van der Waals surface area (Å²) in [6, 6.07) is 10.3. The van der Waals surface area contributed by atoms with Gasteiger partial charge in [-0.25, -0.2) is 19.7 Å². The summed E-state index contributed by atoms with van der Waals surface area (Å²) in [4.78, 5) is 25.4. The van der Waals surface area contributed by atoms with E-state index in [0.717, 1.165) is 79.1 Å². The maximum Gasteiger partial charge on any atom is 0.351 e. The number of carbonyl (C=O) groups is 1. The van der Waals surface area contributed by atoms with Gasteiger partial charge < -0.3 is 10.1 Å². The zero-order valence-corrected chi connectivity index (χ0v) is 21.7. The van der Waals surface area contributed by atoms with Crippen molar-refractivity contribution >= 4 is 29.1 Å². The van der Waals surface area contributed by atoms with Crippen LogP contribution in [0.3, 0.4) is 0 Å². The van der Waals surface area contributed by atoms with E-state index in [1.165, 1.54) is 19.3 Å². The summed E-state index contributed by atoms with van der Waals surface area (Å²) in [6.45, 7) is 5.10. The number of amidine groups is 1. The van der Waals surface area contributed by atoms with Crippen molar-refractivity contribution in [2.45, 2.75) is 64.3 Å². The molecule has 0 unspecified atom stereocenters. The summed E-state index contributed by atoms with van der Waals surface area (Å²) in [5.41, 5.74) is 5.17. The molecule has 1 aromatic carbocycles. The molecule has 0 bridgehead atoms. The van der Waals surface area contributed by atoms with Crippen LogP contribution in [0, 0.1) is 12.8 Å². The molecule has 1 aromatic heterocycles. The van der Waals surface area contributed by atoms with E-state index in [1.807, 2.05) is 12.3 Å². The topological polar surface area (TPSA) is 82.4 Å². The minimum Gasteiger partial charge on any atom is -0.381 e. The molecule has 0 spiro atoms. The van der Waals surface area contributed by atoms with Gasteiger partial charge in [0.1, 0.15) is 11.7 Å². The van der Waals surface area contributed by atoms with Crippen LogP contribution in [0.2, 0.25) is 0 Å². The van der Waals surface area contributed by atoms with Crippen LogP contribution in [0.15, 0.2) is 46.6 Å². The molecule has 3 aliphatic heterocycles. The minimum absolute atomic E-state index is 0.0171. The Morgan fingerprint density at radius 3 is 2.62 bits per heavy atom. The summed E-state index contributed by atoms with van der Waals surface area (Å²) >= 11 is 0. The fraction of sp³-hybridized carbons (Fsp3) is 0.517. The van der Waals surface area contributed by atoms with Gasteiger partial charge in [-0.3, -0.25) is 4.99 Å². The van der Waals surface area contributed by atoms with Crippen LogP contribution >= 0.6 is 0 Å². The van der Waals surface area contributed by atoms with Crippen molar-refractivity contribution < 1.29 is 9.53 Å². The van der Waals surface area contributed by atoms with Crippen LogP contribution in [0.4, 0.5) is 16.3 Å². The fourth-order valence-corrected chi connectivity index (χ4v) is 5.94. The number of nitrogens with zero attached hydrogens (tertiary/aromatic N) is 5. The van der Waals surface area contributed by atoms with Gasteiger partial charge >= 0.3 is 6.03 Å². The van der Waals surface area contributed by atoms with Gasteiger partial charge in [0.15, 0.2) is 0 Å². The standard InChI is InChI=1S/C29H36N6O2/c1-20-7-9-24-25(17-20)34(27-10-8-21(19-32-27)18-26-30-13-14-31-26)29(36)35(23-11-15-37-16-12-23)33-28(24)22-5-3-2-4-6-22/h7-10,17,19,22-23H,2-6,11-16,18H2,1H3,(H,30,31). The van der Waals surface area contributed by atoms with E-state index in [0.29, 0.717) is 24.9 Å². The Morgan fingerprint density at radius 1 is 1.05 bits per heavy atom. The number of hydrazone groups is 1. The lowest BCUT2D eigenvalue weighted by Gasteiger charge is -2.33. The van der Waals surface area contributed by atoms with Crippen molar-refractivity contribution in [2.24, 2.45) is 16.0 Å². The van der Waals surface area contributed by atoms with Gasteiger partial charge in [0.25, 0.3) is 0 Å². The largest absolute Gasteiger partial charge is 0.381 e. The number of aromatic nitrogens is 1. The lowest BCUT2D eigenvalue weighted by Crippen LogP contribution is -2.45.